The second-order valence-corrected chi connectivity index (χ2v) is 6.35. The van der Waals surface area contributed by atoms with Crippen molar-refractivity contribution in [2.24, 2.45) is 4.99 Å². The summed E-state index contributed by atoms with van der Waals surface area (Å²) in [6.45, 7) is 0. The highest BCUT2D eigenvalue weighted by Crippen LogP contribution is 2.44. The largest absolute Gasteiger partial charge is 0.397 e. The smallest absolute Gasteiger partial charge is 0.211 e. The fourth-order valence-electron chi connectivity index (χ4n) is 3.22. The molecule has 0 radical (unpaired) electrons. The molecule has 0 saturated heterocycles. The summed E-state index contributed by atoms with van der Waals surface area (Å²) >= 11 is 0. The second kappa shape index (κ2) is 5.94. The van der Waals surface area contributed by atoms with Gasteiger partial charge in [-0.05, 0) is 29.9 Å². The van der Waals surface area contributed by atoms with Crippen LogP contribution in [0.3, 0.4) is 0 Å². The third-order valence-electron chi connectivity index (χ3n) is 4.63. The predicted octanol–water partition coefficient (Wildman–Crippen LogP) is 1.94. The summed E-state index contributed by atoms with van der Waals surface area (Å²) in [6, 6.07) is 9.68. The van der Waals surface area contributed by atoms with E-state index in [9.17, 15) is 5.26 Å². The molecule has 2 aromatic rings. The van der Waals surface area contributed by atoms with Gasteiger partial charge in [0.15, 0.2) is 6.19 Å². The van der Waals surface area contributed by atoms with Crippen molar-refractivity contribution in [2.45, 2.75) is 24.8 Å². The maximum Gasteiger partial charge on any atom is 0.211 e. The number of nitrogens with zero attached hydrogens (tertiary/aromatic N) is 4. The Morgan fingerprint density at radius 2 is 1.96 bits per heavy atom. The van der Waals surface area contributed by atoms with E-state index >= 15 is 0 Å². The Morgan fingerprint density at radius 1 is 1.19 bits per heavy atom. The van der Waals surface area contributed by atoms with Gasteiger partial charge in [-0.1, -0.05) is 24.3 Å². The van der Waals surface area contributed by atoms with Gasteiger partial charge in [0.25, 0.3) is 0 Å². The Balaban J connectivity index is 1.89. The van der Waals surface area contributed by atoms with Crippen LogP contribution in [0.25, 0.3) is 0 Å². The lowest BCUT2D eigenvalue weighted by Gasteiger charge is -2.26. The average Bonchev–Trinajstić information content (AvgIpc) is 3.47. The maximum absolute atomic E-state index is 9.36. The molecule has 4 rings (SSSR count). The summed E-state index contributed by atoms with van der Waals surface area (Å²) in [7, 11) is 0. The van der Waals surface area contributed by atoms with Crippen molar-refractivity contribution in [3.63, 3.8) is 0 Å². The van der Waals surface area contributed by atoms with Gasteiger partial charge in [-0.15, -0.1) is 0 Å². The van der Waals surface area contributed by atoms with Crippen molar-refractivity contribution in [3.05, 3.63) is 46.5 Å². The van der Waals surface area contributed by atoms with Crippen LogP contribution < -0.4 is 22.1 Å². The van der Waals surface area contributed by atoms with Gasteiger partial charge in [0.1, 0.15) is 29.3 Å². The molecule has 0 amide bonds. The van der Waals surface area contributed by atoms with Crippen LogP contribution in [0.4, 0.5) is 17.3 Å². The van der Waals surface area contributed by atoms with Gasteiger partial charge in [0, 0.05) is 5.56 Å². The normalized spacial score (nSPS) is 17.9. The van der Waals surface area contributed by atoms with Crippen LogP contribution in [-0.4, -0.2) is 10.9 Å². The SMILES string of the molecule is N#CNC1=NC(c2cccc(C3CC3)c2)c2c(nc(N)c(C#N)c2N)N1. The summed E-state index contributed by atoms with van der Waals surface area (Å²) in [5.74, 6) is 1.29. The number of anilines is 3. The molecule has 0 spiro atoms. The quantitative estimate of drug-likeness (QED) is 0.480. The lowest BCUT2D eigenvalue weighted by atomic mass is 9.93. The average molecular weight is 344 g/mol. The van der Waals surface area contributed by atoms with Gasteiger partial charge in [0.2, 0.25) is 5.96 Å². The Kier molecular flexibility index (Phi) is 3.59. The number of aliphatic imine (C=N–C) groups is 1. The van der Waals surface area contributed by atoms with Crippen LogP contribution in [-0.2, 0) is 0 Å². The van der Waals surface area contributed by atoms with Crippen LogP contribution in [0.2, 0.25) is 0 Å². The van der Waals surface area contributed by atoms with Crippen molar-refractivity contribution >= 4 is 23.3 Å². The maximum atomic E-state index is 9.36. The number of guanidine groups is 1. The number of pyridine rings is 1. The highest BCUT2D eigenvalue weighted by molar-refractivity contribution is 5.98. The molecule has 1 aromatic heterocycles. The summed E-state index contributed by atoms with van der Waals surface area (Å²) in [6.07, 6.45) is 4.23. The van der Waals surface area contributed by atoms with E-state index in [4.69, 9.17) is 16.7 Å². The number of rotatable bonds is 2. The topological polar surface area (TPSA) is 149 Å². The summed E-state index contributed by atoms with van der Waals surface area (Å²) in [5, 5.41) is 23.7. The monoisotopic (exact) mass is 344 g/mol. The first kappa shape index (κ1) is 15.7. The Hall–Kier alpha value is -3.78. The zero-order valence-corrected chi connectivity index (χ0v) is 13.8. The first-order valence-corrected chi connectivity index (χ1v) is 8.21. The van der Waals surface area contributed by atoms with Crippen LogP contribution in [0.15, 0.2) is 29.3 Å². The van der Waals surface area contributed by atoms with Crippen LogP contribution in [0.5, 0.6) is 0 Å². The number of aromatic nitrogens is 1. The van der Waals surface area contributed by atoms with Gasteiger partial charge in [-0.3, -0.25) is 5.32 Å². The molecular formula is C18H16N8. The summed E-state index contributed by atoms with van der Waals surface area (Å²) in [4.78, 5) is 8.83. The Bertz CT molecular complexity index is 1010. The van der Waals surface area contributed by atoms with E-state index in [0.717, 1.165) is 5.56 Å². The molecule has 1 unspecified atom stereocenters. The standard InChI is InChI=1S/C18H16N8/c19-7-12-14(21)13-15(11-3-1-2-10(6-11)9-4-5-9)24-18(23-8-20)26-17(13)25-16(12)22/h1-3,6,9,15H,4-5H2,(H6,21,22,23,24,25,26). The molecule has 1 aliphatic heterocycles. The van der Waals surface area contributed by atoms with E-state index in [2.05, 4.69) is 32.7 Å². The number of nitrogen functional groups attached to an aromatic ring is 2. The molecule has 1 atom stereocenters. The fourth-order valence-corrected chi connectivity index (χ4v) is 3.22. The molecular weight excluding hydrogens is 328 g/mol. The van der Waals surface area contributed by atoms with Gasteiger partial charge >= 0.3 is 0 Å². The minimum Gasteiger partial charge on any atom is -0.397 e. The minimum absolute atomic E-state index is 0.0416. The third-order valence-corrected chi connectivity index (χ3v) is 4.63. The number of hydrogen-bond donors (Lipinski definition) is 4. The highest BCUT2D eigenvalue weighted by Gasteiger charge is 2.31. The van der Waals surface area contributed by atoms with Gasteiger partial charge < -0.3 is 16.8 Å². The summed E-state index contributed by atoms with van der Waals surface area (Å²) in [5.41, 5.74) is 15.3. The zero-order chi connectivity index (χ0) is 18.3. The Morgan fingerprint density at radius 3 is 2.65 bits per heavy atom. The van der Waals surface area contributed by atoms with E-state index in [1.54, 1.807) is 0 Å². The van der Waals surface area contributed by atoms with E-state index in [1.807, 2.05) is 24.4 Å². The molecule has 26 heavy (non-hydrogen) atoms. The fraction of sp³-hybridized carbons (Fsp3) is 0.222. The minimum atomic E-state index is -0.485. The molecule has 8 heteroatoms. The molecule has 8 nitrogen and oxygen atoms in total. The van der Waals surface area contributed by atoms with Gasteiger partial charge in [-0.2, -0.15) is 10.5 Å². The van der Waals surface area contributed by atoms with E-state index < -0.39 is 6.04 Å². The first-order valence-electron chi connectivity index (χ1n) is 8.21. The van der Waals surface area contributed by atoms with E-state index in [1.165, 1.54) is 18.4 Å². The highest BCUT2D eigenvalue weighted by atomic mass is 15.2. The molecule has 2 aliphatic rings. The van der Waals surface area contributed by atoms with E-state index in [-0.39, 0.29) is 23.0 Å². The predicted molar refractivity (Wildman–Crippen MR) is 97.8 cm³/mol. The zero-order valence-electron chi connectivity index (χ0n) is 13.8. The molecule has 6 N–H and O–H groups in total. The molecule has 1 saturated carbocycles. The number of benzene rings is 1. The van der Waals surface area contributed by atoms with Gasteiger partial charge in [-0.25, -0.2) is 9.98 Å². The van der Waals surface area contributed by atoms with Crippen molar-refractivity contribution in [2.75, 3.05) is 16.8 Å². The van der Waals surface area contributed by atoms with Crippen molar-refractivity contribution in [1.29, 1.82) is 10.5 Å². The lowest BCUT2D eigenvalue weighted by molar-refractivity contribution is 0.843. The molecule has 128 valence electrons. The van der Waals surface area contributed by atoms with Crippen molar-refractivity contribution in [1.82, 2.24) is 10.3 Å². The molecule has 0 bridgehead atoms. The molecule has 1 fully saturated rings. The third kappa shape index (κ3) is 2.54. The number of nitrogens with two attached hydrogens (primary N) is 2. The molecule has 2 heterocycles. The van der Waals surface area contributed by atoms with Crippen LogP contribution >= 0.6 is 0 Å². The molecule has 1 aliphatic carbocycles. The van der Waals surface area contributed by atoms with Gasteiger partial charge in [0.05, 0.1) is 5.69 Å². The summed E-state index contributed by atoms with van der Waals surface area (Å²) < 4.78 is 0. The molecule has 1 aromatic carbocycles. The number of nitrogens with one attached hydrogen (secondary N) is 2. The first-order chi connectivity index (χ1) is 12.6. The Labute approximate surface area is 150 Å². The lowest BCUT2D eigenvalue weighted by Crippen LogP contribution is -2.32. The van der Waals surface area contributed by atoms with E-state index in [0.29, 0.717) is 17.3 Å². The van der Waals surface area contributed by atoms with Crippen LogP contribution in [0, 0.1) is 22.8 Å². The number of fused-ring (bicyclic) bond motifs is 1. The second-order valence-electron chi connectivity index (χ2n) is 6.35. The number of hydrogen-bond acceptors (Lipinski definition) is 8. The van der Waals surface area contributed by atoms with Crippen molar-refractivity contribution in [3.8, 4) is 12.3 Å². The van der Waals surface area contributed by atoms with Crippen LogP contribution in [0.1, 0.15) is 47.1 Å². The number of nitriles is 2. The van der Waals surface area contributed by atoms with Crippen molar-refractivity contribution < 1.29 is 0 Å².